The molecule has 0 aromatic heterocycles. The Hall–Kier alpha value is -6.66. The minimum Gasteiger partial charge on any atom is -0.493 e. The quantitative estimate of drug-likeness (QED) is 0.0656. The van der Waals surface area contributed by atoms with E-state index in [4.69, 9.17) is 18.9 Å². The molecule has 62 heavy (non-hydrogen) atoms. The smallest absolute Gasteiger partial charge is 0.185 e. The Balaban J connectivity index is 0.000000186. The average molecular weight is 825 g/mol. The van der Waals surface area contributed by atoms with Crippen LogP contribution in [0, 0.1) is 0 Å². The molecule has 0 heterocycles. The highest BCUT2D eigenvalue weighted by Crippen LogP contribution is 2.47. The van der Waals surface area contributed by atoms with Gasteiger partial charge < -0.3 is 18.9 Å². The van der Waals surface area contributed by atoms with Crippen LogP contribution in [-0.2, 0) is 10.8 Å². The van der Waals surface area contributed by atoms with Crippen LogP contribution < -0.4 is 18.9 Å². The maximum atomic E-state index is 12.9. The van der Waals surface area contributed by atoms with Crippen molar-refractivity contribution in [2.24, 2.45) is 0 Å². The lowest BCUT2D eigenvalue weighted by Crippen LogP contribution is -2.31. The lowest BCUT2D eigenvalue weighted by Gasteiger charge is -2.39. The first-order valence-electron chi connectivity index (χ1n) is 21.4. The molecule has 0 aliphatic heterocycles. The number of allylic oxidation sites excluding steroid dienone is 4. The van der Waals surface area contributed by atoms with Gasteiger partial charge in [-0.1, -0.05) is 139 Å². The summed E-state index contributed by atoms with van der Waals surface area (Å²) in [6.07, 6.45) is 11.1. The fourth-order valence-electron chi connectivity index (χ4n) is 9.24. The van der Waals surface area contributed by atoms with E-state index in [9.17, 15) is 9.59 Å². The summed E-state index contributed by atoms with van der Waals surface area (Å²) in [5, 5.41) is 0. The average Bonchev–Trinajstić information content (AvgIpc) is 3.35. The van der Waals surface area contributed by atoms with Crippen LogP contribution in [-0.4, -0.2) is 40.0 Å². The Morgan fingerprint density at radius 2 is 0.887 bits per heavy atom. The van der Waals surface area contributed by atoms with Crippen LogP contribution in [0.4, 0.5) is 0 Å². The molecule has 1 saturated carbocycles. The molecule has 1 fully saturated rings. The summed E-state index contributed by atoms with van der Waals surface area (Å²) < 4.78 is 21.3. The number of ether oxygens (including phenoxy) is 4. The molecule has 0 saturated heterocycles. The van der Waals surface area contributed by atoms with E-state index in [1.54, 1.807) is 58.8 Å². The summed E-state index contributed by atoms with van der Waals surface area (Å²) in [5.74, 6) is 2.54. The third-order valence-corrected chi connectivity index (χ3v) is 12.8. The lowest BCUT2D eigenvalue weighted by molar-refractivity contribution is 0.0989. The van der Waals surface area contributed by atoms with E-state index >= 15 is 0 Å². The second kappa shape index (κ2) is 20.3. The van der Waals surface area contributed by atoms with Crippen LogP contribution in [0.1, 0.15) is 94.3 Å². The number of hydrogen-bond donors (Lipinski definition) is 0. The second-order valence-electron chi connectivity index (χ2n) is 16.1. The van der Waals surface area contributed by atoms with Crippen molar-refractivity contribution in [3.63, 3.8) is 0 Å². The fourth-order valence-corrected chi connectivity index (χ4v) is 9.24. The van der Waals surface area contributed by atoms with Crippen molar-refractivity contribution in [3.8, 4) is 23.0 Å². The molecule has 8 rings (SSSR count). The Labute approximate surface area is 366 Å². The van der Waals surface area contributed by atoms with Gasteiger partial charge in [-0.3, -0.25) is 9.59 Å². The molecule has 2 aliphatic rings. The summed E-state index contributed by atoms with van der Waals surface area (Å²) in [6.45, 7) is 0. The first kappa shape index (κ1) is 43.4. The van der Waals surface area contributed by atoms with Gasteiger partial charge in [0.2, 0.25) is 0 Å². The lowest BCUT2D eigenvalue weighted by atomic mass is 9.64. The van der Waals surface area contributed by atoms with Crippen LogP contribution in [0.25, 0.3) is 0 Å². The summed E-state index contributed by atoms with van der Waals surface area (Å²) in [4.78, 5) is 25.9. The van der Waals surface area contributed by atoms with E-state index < -0.39 is 0 Å². The van der Waals surface area contributed by atoms with E-state index in [1.165, 1.54) is 33.4 Å². The van der Waals surface area contributed by atoms with Gasteiger partial charge in [0.1, 0.15) is 0 Å². The minimum absolute atomic E-state index is 0.00770. The van der Waals surface area contributed by atoms with Crippen LogP contribution in [0.15, 0.2) is 181 Å². The van der Waals surface area contributed by atoms with Crippen molar-refractivity contribution >= 4 is 11.6 Å². The molecule has 0 spiro atoms. The predicted octanol–water partition coefficient (Wildman–Crippen LogP) is 12.7. The van der Waals surface area contributed by atoms with Crippen molar-refractivity contribution in [2.45, 2.75) is 62.2 Å². The SMILES string of the molecule is COc1ccc(C(=O)C=C2CCC(c3ccccc3)(c3ccccc3)CC2)cc1OC.COc1ccc(C(=O)CC2=CCC(c3ccccc3)(c3ccccc3)CC2)cc1OC. The predicted molar refractivity (Wildman–Crippen MR) is 248 cm³/mol. The van der Waals surface area contributed by atoms with Crippen LogP contribution in [0.5, 0.6) is 23.0 Å². The van der Waals surface area contributed by atoms with E-state index in [1.807, 2.05) is 12.1 Å². The first-order valence-corrected chi connectivity index (χ1v) is 21.4. The van der Waals surface area contributed by atoms with Crippen LogP contribution >= 0.6 is 0 Å². The van der Waals surface area contributed by atoms with Crippen molar-refractivity contribution in [1.29, 1.82) is 0 Å². The Morgan fingerprint density at radius 1 is 0.484 bits per heavy atom. The van der Waals surface area contributed by atoms with E-state index in [0.29, 0.717) is 40.5 Å². The second-order valence-corrected chi connectivity index (χ2v) is 16.1. The fraction of sp³-hybridized carbons (Fsp3) is 0.250. The number of carbonyl (C=O) groups is 2. The largest absolute Gasteiger partial charge is 0.493 e. The topological polar surface area (TPSA) is 71.1 Å². The Morgan fingerprint density at radius 3 is 1.31 bits per heavy atom. The van der Waals surface area contributed by atoms with Gasteiger partial charge in [0.15, 0.2) is 34.6 Å². The molecule has 6 aromatic carbocycles. The molecule has 316 valence electrons. The van der Waals surface area contributed by atoms with Gasteiger partial charge in [-0.2, -0.15) is 0 Å². The summed E-state index contributed by atoms with van der Waals surface area (Å²) in [6, 6.07) is 53.7. The standard InChI is InChI=1S/2C28H28O3/c2*1-30-26-14-13-22(20-27(26)31-2)25(29)19-21-15-17-28(18-16-21,23-9-5-3-6-10-23)24-11-7-4-8-12-24/h3-14,19-20H,15-18H2,1-2H3;3-15,20H,16-19H2,1-2H3. The monoisotopic (exact) mass is 824 g/mol. The molecule has 0 unspecified atom stereocenters. The highest BCUT2D eigenvalue weighted by molar-refractivity contribution is 6.05. The van der Waals surface area contributed by atoms with E-state index in [2.05, 4.69) is 127 Å². The number of ketones is 2. The molecule has 0 radical (unpaired) electrons. The van der Waals surface area contributed by atoms with Gasteiger partial charge in [0, 0.05) is 28.4 Å². The van der Waals surface area contributed by atoms with Crippen molar-refractivity contribution in [1.82, 2.24) is 0 Å². The maximum Gasteiger partial charge on any atom is 0.185 e. The van der Waals surface area contributed by atoms with Crippen molar-refractivity contribution in [3.05, 3.63) is 214 Å². The molecule has 0 atom stereocenters. The van der Waals surface area contributed by atoms with Crippen LogP contribution in [0.3, 0.4) is 0 Å². The minimum atomic E-state index is -0.0433. The van der Waals surface area contributed by atoms with Crippen molar-refractivity contribution in [2.75, 3.05) is 28.4 Å². The zero-order valence-corrected chi connectivity index (χ0v) is 36.3. The molecular formula is C56H56O6. The summed E-state index contributed by atoms with van der Waals surface area (Å²) in [5.41, 5.74) is 9.02. The summed E-state index contributed by atoms with van der Waals surface area (Å²) in [7, 11) is 6.36. The van der Waals surface area contributed by atoms with Gasteiger partial charge in [-0.25, -0.2) is 0 Å². The number of hydrogen-bond acceptors (Lipinski definition) is 6. The summed E-state index contributed by atoms with van der Waals surface area (Å²) >= 11 is 0. The van der Waals surface area contributed by atoms with Gasteiger partial charge in [0.05, 0.1) is 28.4 Å². The molecule has 0 N–H and O–H groups in total. The molecule has 6 nitrogen and oxygen atoms in total. The number of methoxy groups -OCH3 is 4. The van der Waals surface area contributed by atoms with Gasteiger partial charge in [-0.05, 0) is 110 Å². The molecule has 6 heteroatoms. The third-order valence-electron chi connectivity index (χ3n) is 12.8. The zero-order chi connectivity index (χ0) is 43.4. The maximum absolute atomic E-state index is 12.9. The Kier molecular flexibility index (Phi) is 14.2. The van der Waals surface area contributed by atoms with E-state index in [-0.39, 0.29) is 22.4 Å². The van der Waals surface area contributed by atoms with Gasteiger partial charge in [0.25, 0.3) is 0 Å². The number of rotatable bonds is 13. The number of benzene rings is 6. The van der Waals surface area contributed by atoms with Gasteiger partial charge in [-0.15, -0.1) is 0 Å². The highest BCUT2D eigenvalue weighted by atomic mass is 16.5. The van der Waals surface area contributed by atoms with Crippen LogP contribution in [0.2, 0.25) is 0 Å². The molecule has 6 aromatic rings. The normalized spacial score (nSPS) is 15.2. The molecule has 0 amide bonds. The molecular weight excluding hydrogens is 769 g/mol. The number of carbonyl (C=O) groups excluding carboxylic acids is 2. The first-order chi connectivity index (χ1) is 30.3. The molecule has 0 bridgehead atoms. The Bertz CT molecular complexity index is 2400. The molecule has 2 aliphatic carbocycles. The highest BCUT2D eigenvalue weighted by Gasteiger charge is 2.37. The van der Waals surface area contributed by atoms with Crippen molar-refractivity contribution < 1.29 is 28.5 Å². The number of Topliss-reactive ketones (excluding diaryl/α,β-unsaturated/α-hetero) is 1. The van der Waals surface area contributed by atoms with E-state index in [0.717, 1.165) is 44.9 Å². The van der Waals surface area contributed by atoms with Gasteiger partial charge >= 0.3 is 0 Å². The third kappa shape index (κ3) is 9.61. The zero-order valence-electron chi connectivity index (χ0n) is 36.3.